The molecule has 1 saturated heterocycles. The second-order valence-corrected chi connectivity index (χ2v) is 6.99. The molecule has 1 aliphatic rings. The van der Waals surface area contributed by atoms with Crippen molar-refractivity contribution in [3.8, 4) is 0 Å². The molecule has 0 bridgehead atoms. The standard InChI is InChI=1S/C19H28N2O3/c1-12(2)18(22)10-14-6-13(7-16(8-14)20-3)9-17(19(23)24)15-4-5-21-11-15/h6-8,12,15,17,20-21H,4-5,9-11H2,1-3H3,(H,23,24). The summed E-state index contributed by atoms with van der Waals surface area (Å²) >= 11 is 0. The Morgan fingerprint density at radius 1 is 1.29 bits per heavy atom. The molecule has 0 spiro atoms. The lowest BCUT2D eigenvalue weighted by molar-refractivity contribution is -0.143. The van der Waals surface area contributed by atoms with Gasteiger partial charge in [0.2, 0.25) is 0 Å². The van der Waals surface area contributed by atoms with Crippen molar-refractivity contribution in [2.45, 2.75) is 33.1 Å². The van der Waals surface area contributed by atoms with Crippen LogP contribution in [0.25, 0.3) is 0 Å². The summed E-state index contributed by atoms with van der Waals surface area (Å²) in [4.78, 5) is 23.7. The lowest BCUT2D eigenvalue weighted by atomic mass is 9.85. The molecule has 2 atom stereocenters. The van der Waals surface area contributed by atoms with Crippen molar-refractivity contribution in [2.24, 2.45) is 17.8 Å². The Morgan fingerprint density at radius 2 is 2.00 bits per heavy atom. The van der Waals surface area contributed by atoms with E-state index in [2.05, 4.69) is 10.6 Å². The van der Waals surface area contributed by atoms with Crippen LogP contribution < -0.4 is 10.6 Å². The molecule has 0 aliphatic carbocycles. The highest BCUT2D eigenvalue weighted by Gasteiger charge is 2.30. The summed E-state index contributed by atoms with van der Waals surface area (Å²) < 4.78 is 0. The van der Waals surface area contributed by atoms with E-state index in [0.29, 0.717) is 12.8 Å². The molecule has 1 aromatic rings. The number of Topliss-reactive ketones (excluding diaryl/α,β-unsaturated/α-hetero) is 1. The van der Waals surface area contributed by atoms with E-state index in [1.54, 1.807) is 0 Å². The molecule has 2 rings (SSSR count). The number of ketones is 1. The predicted molar refractivity (Wildman–Crippen MR) is 95.3 cm³/mol. The summed E-state index contributed by atoms with van der Waals surface area (Å²) in [7, 11) is 1.84. The average molecular weight is 332 g/mol. The molecule has 0 saturated carbocycles. The van der Waals surface area contributed by atoms with Crippen molar-refractivity contribution in [3.63, 3.8) is 0 Å². The van der Waals surface area contributed by atoms with E-state index >= 15 is 0 Å². The summed E-state index contributed by atoms with van der Waals surface area (Å²) in [5.74, 6) is -0.757. The Bertz CT molecular complexity index is 592. The highest BCUT2D eigenvalue weighted by Crippen LogP contribution is 2.26. The molecule has 5 nitrogen and oxygen atoms in total. The number of aliphatic carboxylic acids is 1. The lowest BCUT2D eigenvalue weighted by Gasteiger charge is -2.19. The van der Waals surface area contributed by atoms with Gasteiger partial charge in [-0.3, -0.25) is 9.59 Å². The molecule has 0 amide bonds. The third-order valence-electron chi connectivity index (χ3n) is 4.80. The van der Waals surface area contributed by atoms with Crippen LogP contribution in [0.3, 0.4) is 0 Å². The Labute approximate surface area is 143 Å². The highest BCUT2D eigenvalue weighted by molar-refractivity contribution is 5.83. The van der Waals surface area contributed by atoms with Gasteiger partial charge in [0.05, 0.1) is 5.92 Å². The van der Waals surface area contributed by atoms with Gasteiger partial charge in [0.25, 0.3) is 0 Å². The first-order chi connectivity index (χ1) is 11.4. The molecule has 1 fully saturated rings. The van der Waals surface area contributed by atoms with Gasteiger partial charge in [0.1, 0.15) is 5.78 Å². The van der Waals surface area contributed by atoms with Gasteiger partial charge in [-0.05, 0) is 55.1 Å². The van der Waals surface area contributed by atoms with Gasteiger partial charge in [-0.25, -0.2) is 0 Å². The fourth-order valence-electron chi connectivity index (χ4n) is 3.26. The van der Waals surface area contributed by atoms with Gasteiger partial charge in [0, 0.05) is 25.1 Å². The monoisotopic (exact) mass is 332 g/mol. The Balaban J connectivity index is 2.21. The van der Waals surface area contributed by atoms with Crippen molar-refractivity contribution in [2.75, 3.05) is 25.5 Å². The van der Waals surface area contributed by atoms with Crippen LogP contribution in [0, 0.1) is 17.8 Å². The number of carbonyl (C=O) groups excluding carboxylic acids is 1. The smallest absolute Gasteiger partial charge is 0.307 e. The summed E-state index contributed by atoms with van der Waals surface area (Å²) in [6.45, 7) is 5.46. The van der Waals surface area contributed by atoms with Crippen LogP contribution in [0.1, 0.15) is 31.4 Å². The molecule has 1 aromatic carbocycles. The minimum absolute atomic E-state index is 0.00280. The minimum Gasteiger partial charge on any atom is -0.481 e. The molecular formula is C19H28N2O3. The summed E-state index contributed by atoms with van der Waals surface area (Å²) in [6, 6.07) is 5.94. The number of benzene rings is 1. The second-order valence-electron chi connectivity index (χ2n) is 6.99. The van der Waals surface area contributed by atoms with Gasteiger partial charge in [0.15, 0.2) is 0 Å². The first-order valence-corrected chi connectivity index (χ1v) is 8.67. The van der Waals surface area contributed by atoms with E-state index in [-0.39, 0.29) is 23.5 Å². The SMILES string of the molecule is CNc1cc(CC(=O)C(C)C)cc(CC(C(=O)O)C2CCNC2)c1. The average Bonchev–Trinajstić information content (AvgIpc) is 3.05. The van der Waals surface area contributed by atoms with Gasteiger partial charge >= 0.3 is 5.97 Å². The first-order valence-electron chi connectivity index (χ1n) is 8.67. The van der Waals surface area contributed by atoms with Crippen molar-refractivity contribution < 1.29 is 14.7 Å². The molecule has 2 unspecified atom stereocenters. The molecule has 1 heterocycles. The maximum atomic E-state index is 12.0. The van der Waals surface area contributed by atoms with E-state index in [1.165, 1.54) is 0 Å². The van der Waals surface area contributed by atoms with Crippen LogP contribution in [0.4, 0.5) is 5.69 Å². The van der Waals surface area contributed by atoms with Crippen molar-refractivity contribution in [3.05, 3.63) is 29.3 Å². The van der Waals surface area contributed by atoms with Crippen LogP contribution in [0.15, 0.2) is 18.2 Å². The van der Waals surface area contributed by atoms with Crippen LogP contribution in [0.2, 0.25) is 0 Å². The maximum absolute atomic E-state index is 12.0. The van der Waals surface area contributed by atoms with E-state index in [9.17, 15) is 14.7 Å². The van der Waals surface area contributed by atoms with Gasteiger partial charge in [-0.2, -0.15) is 0 Å². The summed E-state index contributed by atoms with van der Waals surface area (Å²) in [5.41, 5.74) is 2.85. The number of hydrogen-bond donors (Lipinski definition) is 3. The Morgan fingerprint density at radius 3 is 2.54 bits per heavy atom. The topological polar surface area (TPSA) is 78.4 Å². The van der Waals surface area contributed by atoms with Crippen molar-refractivity contribution in [1.82, 2.24) is 5.32 Å². The van der Waals surface area contributed by atoms with E-state index in [1.807, 2.05) is 39.1 Å². The van der Waals surface area contributed by atoms with Gasteiger partial charge < -0.3 is 15.7 Å². The molecule has 3 N–H and O–H groups in total. The Kier molecular flexibility index (Phi) is 6.37. The van der Waals surface area contributed by atoms with Crippen LogP contribution in [-0.4, -0.2) is 37.0 Å². The third-order valence-corrected chi connectivity index (χ3v) is 4.80. The normalized spacial score (nSPS) is 18.6. The zero-order valence-electron chi connectivity index (χ0n) is 14.8. The third kappa shape index (κ3) is 4.81. The lowest BCUT2D eigenvalue weighted by Crippen LogP contribution is -2.27. The van der Waals surface area contributed by atoms with Gasteiger partial charge in [-0.1, -0.05) is 19.9 Å². The quantitative estimate of drug-likeness (QED) is 0.681. The van der Waals surface area contributed by atoms with Crippen molar-refractivity contribution >= 4 is 17.4 Å². The molecular weight excluding hydrogens is 304 g/mol. The molecule has 24 heavy (non-hydrogen) atoms. The zero-order chi connectivity index (χ0) is 17.7. The summed E-state index contributed by atoms with van der Waals surface area (Å²) in [5, 5.41) is 16.0. The van der Waals surface area contributed by atoms with Crippen LogP contribution in [-0.2, 0) is 22.4 Å². The summed E-state index contributed by atoms with van der Waals surface area (Å²) in [6.07, 6.45) is 1.80. The molecule has 132 valence electrons. The van der Waals surface area contributed by atoms with Crippen LogP contribution >= 0.6 is 0 Å². The van der Waals surface area contributed by atoms with Crippen molar-refractivity contribution in [1.29, 1.82) is 0 Å². The maximum Gasteiger partial charge on any atom is 0.307 e. The van der Waals surface area contributed by atoms with Gasteiger partial charge in [-0.15, -0.1) is 0 Å². The zero-order valence-corrected chi connectivity index (χ0v) is 14.8. The fourth-order valence-corrected chi connectivity index (χ4v) is 3.26. The number of carboxylic acids is 1. The van der Waals surface area contributed by atoms with E-state index < -0.39 is 5.97 Å². The predicted octanol–water partition coefficient (Wildman–Crippen LogP) is 2.35. The largest absolute Gasteiger partial charge is 0.481 e. The first kappa shape index (κ1) is 18.5. The van der Waals surface area contributed by atoms with Crippen LogP contribution in [0.5, 0.6) is 0 Å². The molecule has 0 aromatic heterocycles. The number of rotatable bonds is 8. The second kappa shape index (κ2) is 8.29. The molecule has 1 aliphatic heterocycles. The molecule has 5 heteroatoms. The number of carbonyl (C=O) groups is 2. The fraction of sp³-hybridized carbons (Fsp3) is 0.579. The highest BCUT2D eigenvalue weighted by atomic mass is 16.4. The minimum atomic E-state index is -0.738. The molecule has 0 radical (unpaired) electrons. The van der Waals surface area contributed by atoms with E-state index in [4.69, 9.17) is 0 Å². The number of nitrogens with one attached hydrogen (secondary N) is 2. The number of anilines is 1. The number of hydrogen-bond acceptors (Lipinski definition) is 4. The van der Waals surface area contributed by atoms with E-state index in [0.717, 1.165) is 36.3 Å². The number of carboxylic acid groups (broad SMARTS) is 1. The Hall–Kier alpha value is -1.88.